The molecule has 0 saturated heterocycles. The molecule has 1 aromatic carbocycles. The summed E-state index contributed by atoms with van der Waals surface area (Å²) in [6.45, 7) is 7.87. The molecule has 1 aliphatic heterocycles. The van der Waals surface area contributed by atoms with E-state index in [0.29, 0.717) is 9.38 Å². The second-order valence-electron chi connectivity index (χ2n) is 6.37. The Bertz CT molecular complexity index is 620. The largest absolute Gasteiger partial charge is 0.262 e. The molecule has 1 atom stereocenters. The van der Waals surface area contributed by atoms with Crippen LogP contribution in [-0.4, -0.2) is 43.0 Å². The van der Waals surface area contributed by atoms with Crippen molar-refractivity contribution in [3.05, 3.63) is 40.6 Å². The van der Waals surface area contributed by atoms with Gasteiger partial charge in [0.15, 0.2) is 6.34 Å². The molecule has 0 saturated carbocycles. The summed E-state index contributed by atoms with van der Waals surface area (Å²) in [5.74, 6) is -0.860. The van der Waals surface area contributed by atoms with Crippen molar-refractivity contribution >= 4 is 18.1 Å². The molecular formula is C17H24F2N3S+. The van der Waals surface area contributed by atoms with Gasteiger partial charge in [0.25, 0.3) is 0 Å². The molecule has 1 aromatic rings. The first kappa shape index (κ1) is 18.1. The Balaban J connectivity index is 2.45. The van der Waals surface area contributed by atoms with Crippen LogP contribution >= 0.6 is 11.8 Å². The fourth-order valence-corrected chi connectivity index (χ4v) is 4.05. The molecule has 0 aromatic heterocycles. The van der Waals surface area contributed by atoms with E-state index in [1.165, 1.54) is 23.9 Å². The van der Waals surface area contributed by atoms with E-state index in [4.69, 9.17) is 0 Å². The molecule has 0 N–H and O–H groups in total. The van der Waals surface area contributed by atoms with E-state index >= 15 is 0 Å². The van der Waals surface area contributed by atoms with Crippen LogP contribution in [0.5, 0.6) is 0 Å². The number of aliphatic imine (C=N–C) groups is 1. The molecule has 2 rings (SSSR count). The van der Waals surface area contributed by atoms with Crippen molar-refractivity contribution in [2.24, 2.45) is 10.9 Å². The Morgan fingerprint density at radius 2 is 1.78 bits per heavy atom. The molecule has 1 unspecified atom stereocenters. The highest BCUT2D eigenvalue weighted by molar-refractivity contribution is 8.02. The van der Waals surface area contributed by atoms with Gasteiger partial charge in [-0.3, -0.25) is 4.90 Å². The quantitative estimate of drug-likeness (QED) is 0.718. The molecule has 0 spiro atoms. The van der Waals surface area contributed by atoms with Crippen LogP contribution < -0.4 is 0 Å². The van der Waals surface area contributed by atoms with Crippen LogP contribution in [0.15, 0.2) is 38.8 Å². The lowest BCUT2D eigenvalue weighted by molar-refractivity contribution is -0.794. The zero-order chi connectivity index (χ0) is 17.2. The SMILES string of the molecule is CC[N+]1(CN(C)C)C=NC(C(C)C)=C1Sc1cc(F)cc(F)c1. The fraction of sp³-hybridized carbons (Fsp3) is 0.471. The van der Waals surface area contributed by atoms with Gasteiger partial charge in [-0.25, -0.2) is 18.3 Å². The number of quaternary nitrogens is 1. The Morgan fingerprint density at radius 1 is 1.17 bits per heavy atom. The number of allylic oxidation sites excluding steroid dienone is 1. The maximum atomic E-state index is 13.5. The molecule has 0 aliphatic carbocycles. The van der Waals surface area contributed by atoms with Gasteiger partial charge in [-0.1, -0.05) is 13.8 Å². The maximum absolute atomic E-state index is 13.5. The first-order valence-corrected chi connectivity index (χ1v) is 8.54. The van der Waals surface area contributed by atoms with Crippen molar-refractivity contribution < 1.29 is 13.3 Å². The molecule has 0 fully saturated rings. The Kier molecular flexibility index (Phi) is 5.60. The van der Waals surface area contributed by atoms with E-state index in [-0.39, 0.29) is 5.92 Å². The first-order chi connectivity index (χ1) is 10.8. The summed E-state index contributed by atoms with van der Waals surface area (Å²) in [7, 11) is 4.03. The summed E-state index contributed by atoms with van der Waals surface area (Å²) >= 11 is 1.41. The van der Waals surface area contributed by atoms with Gasteiger partial charge in [0.2, 0.25) is 5.03 Å². The van der Waals surface area contributed by atoms with Crippen LogP contribution in [0.3, 0.4) is 0 Å². The smallest absolute Gasteiger partial charge is 0.201 e. The number of thioether (sulfide) groups is 1. The van der Waals surface area contributed by atoms with E-state index in [2.05, 4.69) is 30.7 Å². The fourth-order valence-electron chi connectivity index (χ4n) is 2.68. The molecule has 1 heterocycles. The molecule has 23 heavy (non-hydrogen) atoms. The van der Waals surface area contributed by atoms with Crippen LogP contribution in [0.25, 0.3) is 0 Å². The summed E-state index contributed by atoms with van der Waals surface area (Å²) in [6.07, 6.45) is 1.95. The van der Waals surface area contributed by atoms with Crippen LogP contribution in [0.4, 0.5) is 8.78 Å². The first-order valence-electron chi connectivity index (χ1n) is 7.73. The molecule has 0 radical (unpaired) electrons. The molecule has 126 valence electrons. The summed E-state index contributed by atoms with van der Waals surface area (Å²) < 4.78 is 27.6. The average molecular weight is 340 g/mol. The Hall–Kier alpha value is -1.24. The van der Waals surface area contributed by atoms with Crippen molar-refractivity contribution in [2.45, 2.75) is 25.7 Å². The summed E-state index contributed by atoms with van der Waals surface area (Å²) in [6, 6.07) is 3.64. The van der Waals surface area contributed by atoms with E-state index in [0.717, 1.165) is 30.0 Å². The highest BCUT2D eigenvalue weighted by atomic mass is 32.2. The maximum Gasteiger partial charge on any atom is 0.201 e. The van der Waals surface area contributed by atoms with Crippen LogP contribution in [-0.2, 0) is 0 Å². The van der Waals surface area contributed by atoms with Crippen molar-refractivity contribution in [1.29, 1.82) is 0 Å². The van der Waals surface area contributed by atoms with E-state index in [1.807, 2.05) is 20.4 Å². The Morgan fingerprint density at radius 3 is 2.26 bits per heavy atom. The monoisotopic (exact) mass is 340 g/mol. The third-order valence-electron chi connectivity index (χ3n) is 3.74. The highest BCUT2D eigenvalue weighted by Gasteiger charge is 2.39. The van der Waals surface area contributed by atoms with Gasteiger partial charge in [-0.2, -0.15) is 0 Å². The summed E-state index contributed by atoms with van der Waals surface area (Å²) in [4.78, 5) is 7.30. The minimum Gasteiger partial charge on any atom is -0.262 e. The predicted molar refractivity (Wildman–Crippen MR) is 91.9 cm³/mol. The van der Waals surface area contributed by atoms with Gasteiger partial charge in [-0.05, 0) is 44.9 Å². The van der Waals surface area contributed by atoms with E-state index in [1.54, 1.807) is 0 Å². The molecule has 6 heteroatoms. The highest BCUT2D eigenvalue weighted by Crippen LogP contribution is 2.41. The van der Waals surface area contributed by atoms with E-state index < -0.39 is 11.6 Å². The number of benzene rings is 1. The van der Waals surface area contributed by atoms with E-state index in [9.17, 15) is 8.78 Å². The second-order valence-corrected chi connectivity index (χ2v) is 7.43. The molecular weight excluding hydrogens is 316 g/mol. The summed E-state index contributed by atoms with van der Waals surface area (Å²) in [5, 5.41) is 1.04. The van der Waals surface area contributed by atoms with Gasteiger partial charge in [0.1, 0.15) is 24.0 Å². The number of nitrogens with zero attached hydrogens (tertiary/aromatic N) is 3. The van der Waals surface area contributed by atoms with Crippen LogP contribution in [0, 0.1) is 17.6 Å². The molecule has 0 bridgehead atoms. The number of hydrogen-bond donors (Lipinski definition) is 0. The lowest BCUT2D eigenvalue weighted by atomic mass is 10.1. The van der Waals surface area contributed by atoms with Gasteiger partial charge in [0.05, 0.1) is 6.54 Å². The third kappa shape index (κ3) is 4.00. The van der Waals surface area contributed by atoms with Gasteiger partial charge >= 0.3 is 0 Å². The lowest BCUT2D eigenvalue weighted by Gasteiger charge is -2.33. The second kappa shape index (κ2) is 7.11. The zero-order valence-electron chi connectivity index (χ0n) is 14.3. The van der Waals surface area contributed by atoms with Crippen molar-refractivity contribution in [1.82, 2.24) is 4.90 Å². The summed E-state index contributed by atoms with van der Waals surface area (Å²) in [5.41, 5.74) is 0.989. The lowest BCUT2D eigenvalue weighted by Crippen LogP contribution is -2.49. The minimum atomic E-state index is -0.555. The van der Waals surface area contributed by atoms with Crippen molar-refractivity contribution in [2.75, 3.05) is 27.3 Å². The van der Waals surface area contributed by atoms with Crippen LogP contribution in [0.1, 0.15) is 20.8 Å². The number of halogens is 2. The average Bonchev–Trinajstić information content (AvgIpc) is 2.76. The predicted octanol–water partition coefficient (Wildman–Crippen LogP) is 4.28. The zero-order valence-corrected chi connectivity index (χ0v) is 15.1. The normalized spacial score (nSPS) is 21.1. The van der Waals surface area contributed by atoms with Crippen molar-refractivity contribution in [3.63, 3.8) is 0 Å². The van der Waals surface area contributed by atoms with Gasteiger partial charge < -0.3 is 0 Å². The van der Waals surface area contributed by atoms with Gasteiger partial charge in [0, 0.05) is 16.9 Å². The molecule has 1 aliphatic rings. The minimum absolute atomic E-state index is 0.251. The van der Waals surface area contributed by atoms with Crippen molar-refractivity contribution in [3.8, 4) is 0 Å². The third-order valence-corrected chi connectivity index (χ3v) is 4.98. The number of hydrogen-bond acceptors (Lipinski definition) is 3. The standard InChI is InChI=1S/C17H24F2N3S/c1-6-22(11-21(4)5)10-20-16(12(2)3)17(22)23-15-8-13(18)7-14(19)9-15/h7-10,12H,6,11H2,1-5H3/q+1. The topological polar surface area (TPSA) is 15.6 Å². The molecule has 3 nitrogen and oxygen atoms in total. The Labute approximate surface area is 141 Å². The van der Waals surface area contributed by atoms with Crippen LogP contribution in [0.2, 0.25) is 0 Å². The number of rotatable bonds is 6. The molecule has 0 amide bonds. The van der Waals surface area contributed by atoms with Gasteiger partial charge in [-0.15, -0.1) is 0 Å².